The van der Waals surface area contributed by atoms with Crippen LogP contribution in [0.1, 0.15) is 44.8 Å². The van der Waals surface area contributed by atoms with Crippen molar-refractivity contribution in [3.63, 3.8) is 0 Å². The second kappa shape index (κ2) is 16.3. The van der Waals surface area contributed by atoms with Crippen LogP contribution >= 0.6 is 15.9 Å². The summed E-state index contributed by atoms with van der Waals surface area (Å²) in [4.78, 5) is 60.5. The standard InChI is InChI=1S/C38H47BrN4O7/c1-5-9-15-30(45)40-24-29(25-13-11-10-12-14-25)49-37(48)31-32-35(46)43(21-22-44)34(38(32)23-28(39)33(31)50-38)36(47)42(20-6-2)27-18-16-26(17-19-27)41(7-3)8-4/h5-6,10-14,16-19,28-29,31-34,44H,1-2,7-9,15,20-24H2,3-4H3,(H,40,45)/t28?,29-,31-,32+,33-,34-,38+/m1/s1. The van der Waals surface area contributed by atoms with Crippen molar-refractivity contribution in [1.29, 1.82) is 0 Å². The van der Waals surface area contributed by atoms with Crippen molar-refractivity contribution in [2.45, 2.75) is 61.8 Å². The Balaban J connectivity index is 1.45. The highest BCUT2D eigenvalue weighted by Gasteiger charge is 2.77. The predicted molar refractivity (Wildman–Crippen MR) is 195 cm³/mol. The number of amides is 3. The van der Waals surface area contributed by atoms with E-state index in [1.54, 1.807) is 29.2 Å². The summed E-state index contributed by atoms with van der Waals surface area (Å²) < 4.78 is 12.8. The number of benzene rings is 2. The minimum absolute atomic E-state index is 0.0345. The van der Waals surface area contributed by atoms with Crippen molar-refractivity contribution in [3.05, 3.63) is 85.5 Å². The van der Waals surface area contributed by atoms with Crippen molar-refractivity contribution >= 4 is 51.0 Å². The van der Waals surface area contributed by atoms with Crippen LogP contribution in [0, 0.1) is 11.8 Å². The number of nitrogens with one attached hydrogen (secondary N) is 1. The Bertz CT molecular complexity index is 1550. The summed E-state index contributed by atoms with van der Waals surface area (Å²) >= 11 is 3.70. The molecule has 5 rings (SSSR count). The molecule has 2 aromatic carbocycles. The number of hydrogen-bond acceptors (Lipinski definition) is 8. The van der Waals surface area contributed by atoms with E-state index in [0.29, 0.717) is 24.1 Å². The quantitative estimate of drug-likeness (QED) is 0.140. The Labute approximate surface area is 302 Å². The summed E-state index contributed by atoms with van der Waals surface area (Å²) in [5.74, 6) is -3.72. The van der Waals surface area contributed by atoms with Gasteiger partial charge in [-0.05, 0) is 56.5 Å². The molecular formula is C38H47BrN4O7. The van der Waals surface area contributed by atoms with Gasteiger partial charge in [-0.3, -0.25) is 19.2 Å². The number of allylic oxidation sites excluding steroid dienone is 1. The van der Waals surface area contributed by atoms with Crippen LogP contribution in [0.3, 0.4) is 0 Å². The van der Waals surface area contributed by atoms with Crippen molar-refractivity contribution in [2.24, 2.45) is 11.8 Å². The number of rotatable bonds is 17. The van der Waals surface area contributed by atoms with E-state index in [1.807, 2.05) is 42.5 Å². The highest BCUT2D eigenvalue weighted by Crippen LogP contribution is 2.60. The first-order valence-corrected chi connectivity index (χ1v) is 18.2. The monoisotopic (exact) mass is 750 g/mol. The van der Waals surface area contributed by atoms with E-state index in [-0.39, 0.29) is 49.3 Å². The topological polar surface area (TPSA) is 129 Å². The number of nitrogens with zero attached hydrogens (tertiary/aromatic N) is 3. The summed E-state index contributed by atoms with van der Waals surface area (Å²) in [7, 11) is 0. The Hall–Kier alpha value is -4.00. The van der Waals surface area contributed by atoms with Gasteiger partial charge in [0.1, 0.15) is 17.7 Å². The number of hydrogen-bond donors (Lipinski definition) is 2. The van der Waals surface area contributed by atoms with E-state index in [1.165, 1.54) is 4.90 Å². The second-order valence-electron chi connectivity index (χ2n) is 12.8. The number of β-amino-alcohol motifs (C(OH)–C–C–N with tert-alkyl or cyclic N) is 1. The van der Waals surface area contributed by atoms with Gasteiger partial charge >= 0.3 is 5.97 Å². The first-order valence-electron chi connectivity index (χ1n) is 17.3. The number of fused-ring (bicyclic) bond motifs is 1. The molecule has 11 nitrogen and oxygen atoms in total. The van der Waals surface area contributed by atoms with Gasteiger partial charge in [-0.2, -0.15) is 0 Å². The molecule has 0 radical (unpaired) electrons. The molecule has 2 aromatic rings. The van der Waals surface area contributed by atoms with Crippen LogP contribution in [0.15, 0.2) is 79.9 Å². The lowest BCUT2D eigenvalue weighted by Crippen LogP contribution is -2.57. The van der Waals surface area contributed by atoms with Gasteiger partial charge in [0.15, 0.2) is 0 Å². The lowest BCUT2D eigenvalue weighted by molar-refractivity contribution is -0.160. The van der Waals surface area contributed by atoms with Gasteiger partial charge in [0, 0.05) is 48.8 Å². The van der Waals surface area contributed by atoms with Crippen LogP contribution in [0.25, 0.3) is 0 Å². The van der Waals surface area contributed by atoms with Crippen molar-refractivity contribution in [2.75, 3.05) is 49.1 Å². The molecule has 50 heavy (non-hydrogen) atoms. The molecule has 7 atom stereocenters. The van der Waals surface area contributed by atoms with Crippen LogP contribution < -0.4 is 15.1 Å². The zero-order valence-corrected chi connectivity index (χ0v) is 30.3. The fourth-order valence-corrected chi connectivity index (χ4v) is 8.64. The van der Waals surface area contributed by atoms with Crippen LogP contribution in [0.2, 0.25) is 0 Å². The van der Waals surface area contributed by atoms with Gasteiger partial charge in [0.2, 0.25) is 11.8 Å². The molecular weight excluding hydrogens is 704 g/mol. The molecule has 268 valence electrons. The molecule has 0 saturated carbocycles. The van der Waals surface area contributed by atoms with Crippen molar-refractivity contribution < 1.29 is 33.8 Å². The highest BCUT2D eigenvalue weighted by atomic mass is 79.9. The normalized spacial score (nSPS) is 25.5. The van der Waals surface area contributed by atoms with Crippen LogP contribution in [0.4, 0.5) is 11.4 Å². The predicted octanol–water partition coefficient (Wildman–Crippen LogP) is 4.16. The number of carbonyl (C=O) groups is 4. The van der Waals surface area contributed by atoms with Crippen LogP contribution in [0.5, 0.6) is 0 Å². The number of likely N-dealkylation sites (tertiary alicyclic amines) is 1. The van der Waals surface area contributed by atoms with Crippen LogP contribution in [-0.2, 0) is 28.7 Å². The number of ether oxygens (including phenoxy) is 2. The average Bonchev–Trinajstić information content (AvgIpc) is 3.72. The number of halogens is 1. The number of carbonyl (C=O) groups excluding carboxylic acids is 4. The van der Waals surface area contributed by atoms with E-state index in [4.69, 9.17) is 9.47 Å². The van der Waals surface area contributed by atoms with E-state index in [0.717, 1.165) is 18.8 Å². The maximum atomic E-state index is 14.7. The number of alkyl halides is 1. The Kier molecular flexibility index (Phi) is 12.2. The summed E-state index contributed by atoms with van der Waals surface area (Å²) in [6, 6.07) is 15.6. The third-order valence-corrected chi connectivity index (χ3v) is 10.8. The molecule has 2 N–H and O–H groups in total. The SMILES string of the molecule is C=CCCC(=O)NC[C@@H](OC(=O)[C@H]1[C@@H]2O[C@@]3(CC2Br)[C@@H]1C(=O)N(CCO)[C@@H]3C(=O)N(CC=C)c1ccc(N(CC)CC)cc1)c1ccccc1. The molecule has 2 bridgehead atoms. The third kappa shape index (κ3) is 7.11. The molecule has 12 heteroatoms. The zero-order chi connectivity index (χ0) is 36.0. The van der Waals surface area contributed by atoms with Crippen molar-refractivity contribution in [3.8, 4) is 0 Å². The first-order chi connectivity index (χ1) is 24.1. The minimum atomic E-state index is -1.34. The Morgan fingerprint density at radius 1 is 1.10 bits per heavy atom. The molecule has 0 aliphatic carbocycles. The summed E-state index contributed by atoms with van der Waals surface area (Å²) in [5.41, 5.74) is 0.988. The van der Waals surface area contributed by atoms with Gasteiger partial charge in [-0.15, -0.1) is 13.2 Å². The first kappa shape index (κ1) is 37.3. The molecule has 3 amide bonds. The van der Waals surface area contributed by atoms with E-state index in [9.17, 15) is 24.3 Å². The maximum Gasteiger partial charge on any atom is 0.313 e. The fourth-order valence-electron chi connectivity index (χ4n) is 7.70. The molecule has 0 aromatic heterocycles. The van der Waals surface area contributed by atoms with Crippen LogP contribution in [-0.4, -0.2) is 95.6 Å². The largest absolute Gasteiger partial charge is 0.455 e. The molecule has 3 aliphatic rings. The van der Waals surface area contributed by atoms with Gasteiger partial charge in [-0.25, -0.2) is 0 Å². The molecule has 3 heterocycles. The van der Waals surface area contributed by atoms with E-state index >= 15 is 0 Å². The average molecular weight is 752 g/mol. The zero-order valence-electron chi connectivity index (χ0n) is 28.7. The summed E-state index contributed by atoms with van der Waals surface area (Å²) in [6.07, 6.45) is 2.79. The lowest BCUT2D eigenvalue weighted by Gasteiger charge is -2.37. The van der Waals surface area contributed by atoms with Crippen molar-refractivity contribution in [1.82, 2.24) is 10.2 Å². The number of esters is 1. The third-order valence-electron chi connectivity index (χ3n) is 9.99. The summed E-state index contributed by atoms with van der Waals surface area (Å²) in [5, 5.41) is 12.9. The molecule has 3 fully saturated rings. The number of aliphatic hydroxyl groups is 1. The van der Waals surface area contributed by atoms with Gasteiger partial charge in [0.05, 0.1) is 31.1 Å². The number of anilines is 2. The lowest BCUT2D eigenvalue weighted by atomic mass is 9.70. The highest BCUT2D eigenvalue weighted by molar-refractivity contribution is 9.09. The Morgan fingerprint density at radius 3 is 2.40 bits per heavy atom. The fraction of sp³-hybridized carbons (Fsp3) is 0.474. The van der Waals surface area contributed by atoms with Gasteiger partial charge in [-0.1, -0.05) is 58.4 Å². The van der Waals surface area contributed by atoms with Gasteiger partial charge in [0.25, 0.3) is 5.91 Å². The maximum absolute atomic E-state index is 14.7. The minimum Gasteiger partial charge on any atom is -0.455 e. The second-order valence-corrected chi connectivity index (χ2v) is 14.0. The number of aliphatic hydroxyl groups excluding tert-OH is 1. The Morgan fingerprint density at radius 2 is 1.78 bits per heavy atom. The summed E-state index contributed by atoms with van der Waals surface area (Å²) in [6.45, 7) is 13.1. The molecule has 3 aliphatic heterocycles. The van der Waals surface area contributed by atoms with E-state index < -0.39 is 47.6 Å². The van der Waals surface area contributed by atoms with E-state index in [2.05, 4.69) is 53.2 Å². The molecule has 1 unspecified atom stereocenters. The molecule has 3 saturated heterocycles. The van der Waals surface area contributed by atoms with Gasteiger partial charge < -0.3 is 34.6 Å². The smallest absolute Gasteiger partial charge is 0.313 e. The molecule has 1 spiro atoms.